The van der Waals surface area contributed by atoms with Crippen LogP contribution in [-0.4, -0.2) is 25.1 Å². The van der Waals surface area contributed by atoms with Crippen molar-refractivity contribution >= 4 is 11.9 Å². The summed E-state index contributed by atoms with van der Waals surface area (Å²) >= 11 is 0. The third-order valence-electron chi connectivity index (χ3n) is 3.78. The minimum atomic E-state index is -1.23. The van der Waals surface area contributed by atoms with Crippen LogP contribution in [0, 0.1) is 5.41 Å². The van der Waals surface area contributed by atoms with Crippen molar-refractivity contribution in [1.82, 2.24) is 0 Å². The lowest BCUT2D eigenvalue weighted by Gasteiger charge is -2.26. The van der Waals surface area contributed by atoms with Crippen LogP contribution in [0.15, 0.2) is 30.3 Å². The molecule has 0 fully saturated rings. The average molecular weight is 307 g/mol. The van der Waals surface area contributed by atoms with Crippen LogP contribution < -0.4 is 5.73 Å². The predicted molar refractivity (Wildman–Crippen MR) is 83.9 cm³/mol. The van der Waals surface area contributed by atoms with Gasteiger partial charge in [-0.05, 0) is 31.4 Å². The van der Waals surface area contributed by atoms with Gasteiger partial charge < -0.3 is 15.2 Å². The first-order chi connectivity index (χ1) is 10.6. The van der Waals surface area contributed by atoms with Crippen molar-refractivity contribution in [2.45, 2.75) is 39.7 Å². The van der Waals surface area contributed by atoms with E-state index >= 15 is 0 Å². The summed E-state index contributed by atoms with van der Waals surface area (Å²) < 4.78 is 10.5. The van der Waals surface area contributed by atoms with Gasteiger partial charge in [0, 0.05) is 0 Å². The molecule has 0 saturated heterocycles. The Morgan fingerprint density at radius 1 is 1.05 bits per heavy atom. The summed E-state index contributed by atoms with van der Waals surface area (Å²) in [4.78, 5) is 24.7. The maximum absolute atomic E-state index is 12.4. The molecule has 0 spiro atoms. The molecule has 1 aromatic carbocycles. The minimum absolute atomic E-state index is 0.150. The van der Waals surface area contributed by atoms with Crippen molar-refractivity contribution in [3.8, 4) is 0 Å². The number of hydrogen-bond donors (Lipinski definition) is 1. The smallest absolute Gasteiger partial charge is 0.323 e. The highest BCUT2D eigenvalue weighted by Gasteiger charge is 2.45. The van der Waals surface area contributed by atoms with Crippen molar-refractivity contribution < 1.29 is 19.1 Å². The van der Waals surface area contributed by atoms with E-state index in [0.29, 0.717) is 25.8 Å². The summed E-state index contributed by atoms with van der Waals surface area (Å²) in [7, 11) is 0. The summed E-state index contributed by atoms with van der Waals surface area (Å²) in [5.41, 5.74) is 5.03. The first-order valence-corrected chi connectivity index (χ1v) is 7.69. The largest absolute Gasteiger partial charge is 0.465 e. The Hall–Kier alpha value is -1.88. The molecule has 0 aliphatic rings. The van der Waals surface area contributed by atoms with Crippen LogP contribution in [0.3, 0.4) is 0 Å². The van der Waals surface area contributed by atoms with Crippen LogP contribution in [0.1, 0.15) is 38.7 Å². The highest BCUT2D eigenvalue weighted by molar-refractivity contribution is 5.99. The molecule has 0 atom stereocenters. The normalized spacial score (nSPS) is 11.0. The second-order valence-electron chi connectivity index (χ2n) is 5.13. The first kappa shape index (κ1) is 18.2. The molecule has 0 radical (unpaired) electrons. The van der Waals surface area contributed by atoms with Gasteiger partial charge in [-0.2, -0.15) is 0 Å². The lowest BCUT2D eigenvalue weighted by molar-refractivity contribution is -0.174. The molecule has 22 heavy (non-hydrogen) atoms. The molecular formula is C17H25NO4. The van der Waals surface area contributed by atoms with E-state index in [9.17, 15) is 9.59 Å². The fourth-order valence-electron chi connectivity index (χ4n) is 2.16. The zero-order valence-electron chi connectivity index (χ0n) is 13.3. The maximum atomic E-state index is 12.4. The Balaban J connectivity index is 2.71. The lowest BCUT2D eigenvalue weighted by atomic mass is 9.82. The van der Waals surface area contributed by atoms with Crippen LogP contribution in [0.25, 0.3) is 0 Å². The molecule has 122 valence electrons. The first-order valence-electron chi connectivity index (χ1n) is 7.69. The molecular weight excluding hydrogens is 282 g/mol. The minimum Gasteiger partial charge on any atom is -0.465 e. The summed E-state index contributed by atoms with van der Waals surface area (Å²) in [6.07, 6.45) is 1.27. The average Bonchev–Trinajstić information content (AvgIpc) is 2.56. The number of benzene rings is 1. The Bertz CT molecular complexity index is 469. The van der Waals surface area contributed by atoms with Gasteiger partial charge in [0.2, 0.25) is 0 Å². The number of rotatable bonds is 9. The molecule has 0 unspecified atom stereocenters. The lowest BCUT2D eigenvalue weighted by Crippen LogP contribution is -2.41. The van der Waals surface area contributed by atoms with Crippen LogP contribution >= 0.6 is 0 Å². The fourth-order valence-corrected chi connectivity index (χ4v) is 2.16. The molecule has 5 heteroatoms. The Labute approximate surface area is 131 Å². The standard InChI is InChI=1S/C17H25NO4/c1-3-17(4-2,15(19)21-12-8-11-18)16(20)22-13-14-9-6-5-7-10-14/h5-7,9-10H,3-4,8,11-13,18H2,1-2H3. The van der Waals surface area contributed by atoms with Gasteiger partial charge in [-0.15, -0.1) is 0 Å². The molecule has 0 aromatic heterocycles. The topological polar surface area (TPSA) is 78.6 Å². The van der Waals surface area contributed by atoms with Gasteiger partial charge in [0.25, 0.3) is 0 Å². The van der Waals surface area contributed by atoms with Gasteiger partial charge in [-0.25, -0.2) is 0 Å². The monoisotopic (exact) mass is 307 g/mol. The molecule has 5 nitrogen and oxygen atoms in total. The highest BCUT2D eigenvalue weighted by Crippen LogP contribution is 2.30. The van der Waals surface area contributed by atoms with Gasteiger partial charge in [0.05, 0.1) is 6.61 Å². The molecule has 2 N–H and O–H groups in total. The number of carbonyl (C=O) groups excluding carboxylic acids is 2. The van der Waals surface area contributed by atoms with Crippen LogP contribution in [0.5, 0.6) is 0 Å². The molecule has 1 rings (SSSR count). The van der Waals surface area contributed by atoms with E-state index < -0.39 is 17.4 Å². The summed E-state index contributed by atoms with van der Waals surface area (Å²) in [5, 5.41) is 0. The number of esters is 2. The number of ether oxygens (including phenoxy) is 2. The number of nitrogens with two attached hydrogens (primary N) is 1. The molecule has 0 bridgehead atoms. The third kappa shape index (κ3) is 4.56. The Morgan fingerprint density at radius 3 is 2.18 bits per heavy atom. The van der Waals surface area contributed by atoms with E-state index in [0.717, 1.165) is 5.56 Å². The zero-order valence-corrected chi connectivity index (χ0v) is 13.3. The van der Waals surface area contributed by atoms with Crippen molar-refractivity contribution in [1.29, 1.82) is 0 Å². The van der Waals surface area contributed by atoms with Crippen LogP contribution in [-0.2, 0) is 25.7 Å². The molecule has 0 heterocycles. The van der Waals surface area contributed by atoms with Crippen molar-refractivity contribution in [3.63, 3.8) is 0 Å². The van der Waals surface area contributed by atoms with Crippen molar-refractivity contribution in [3.05, 3.63) is 35.9 Å². The Kier molecular flexibility index (Phi) is 7.60. The van der Waals surface area contributed by atoms with Crippen LogP contribution in [0.2, 0.25) is 0 Å². The molecule has 0 amide bonds. The van der Waals surface area contributed by atoms with E-state index in [1.165, 1.54) is 0 Å². The summed E-state index contributed by atoms with van der Waals surface area (Å²) in [6, 6.07) is 9.37. The second kappa shape index (κ2) is 9.20. The summed E-state index contributed by atoms with van der Waals surface area (Å²) in [5.74, 6) is -1.05. The van der Waals surface area contributed by atoms with E-state index in [2.05, 4.69) is 0 Å². The molecule has 1 aromatic rings. The zero-order chi connectivity index (χ0) is 16.4. The fraction of sp³-hybridized carbons (Fsp3) is 0.529. The second-order valence-corrected chi connectivity index (χ2v) is 5.13. The molecule has 0 aliphatic heterocycles. The van der Waals surface area contributed by atoms with E-state index in [4.69, 9.17) is 15.2 Å². The third-order valence-corrected chi connectivity index (χ3v) is 3.78. The number of carbonyl (C=O) groups is 2. The van der Waals surface area contributed by atoms with Crippen LogP contribution in [0.4, 0.5) is 0 Å². The van der Waals surface area contributed by atoms with Gasteiger partial charge in [-0.3, -0.25) is 9.59 Å². The molecule has 0 aliphatic carbocycles. The van der Waals surface area contributed by atoms with Crippen molar-refractivity contribution in [2.24, 2.45) is 11.1 Å². The van der Waals surface area contributed by atoms with Gasteiger partial charge in [-0.1, -0.05) is 44.2 Å². The predicted octanol–water partition coefficient (Wildman–Crippen LogP) is 2.43. The summed E-state index contributed by atoms with van der Waals surface area (Å²) in [6.45, 7) is 4.40. The van der Waals surface area contributed by atoms with E-state index in [-0.39, 0.29) is 13.2 Å². The quantitative estimate of drug-likeness (QED) is 0.430. The molecule has 0 saturated carbocycles. The van der Waals surface area contributed by atoms with Gasteiger partial charge in [0.15, 0.2) is 5.41 Å². The van der Waals surface area contributed by atoms with Crippen molar-refractivity contribution in [2.75, 3.05) is 13.2 Å². The van der Waals surface area contributed by atoms with E-state index in [1.807, 2.05) is 30.3 Å². The SMILES string of the molecule is CCC(CC)(C(=O)OCCCN)C(=O)OCc1ccccc1. The highest BCUT2D eigenvalue weighted by atomic mass is 16.6. The number of hydrogen-bond acceptors (Lipinski definition) is 5. The Morgan fingerprint density at radius 2 is 1.64 bits per heavy atom. The van der Waals surface area contributed by atoms with E-state index in [1.54, 1.807) is 13.8 Å². The van der Waals surface area contributed by atoms with Gasteiger partial charge in [0.1, 0.15) is 6.61 Å². The van der Waals surface area contributed by atoms with Gasteiger partial charge >= 0.3 is 11.9 Å². The maximum Gasteiger partial charge on any atom is 0.323 e.